The molecular weight excluding hydrogens is 134 g/mol. The van der Waals surface area contributed by atoms with Gasteiger partial charge in [0.15, 0.2) is 0 Å². The third-order valence-electron chi connectivity index (χ3n) is 2.46. The van der Waals surface area contributed by atoms with Gasteiger partial charge in [0, 0.05) is 0 Å². The predicted molar refractivity (Wildman–Crippen MR) is 58.1 cm³/mol. The fourth-order valence-electron chi connectivity index (χ4n) is 1.56. The zero-order chi connectivity index (χ0) is 9.07. The van der Waals surface area contributed by atoms with Crippen LogP contribution in [-0.2, 0) is 0 Å². The molecule has 0 aromatic carbocycles. The molecule has 2 heteroatoms. The molecule has 0 bridgehead atoms. The van der Waals surface area contributed by atoms with Gasteiger partial charge in [-0.3, -0.25) is 0 Å². The summed E-state index contributed by atoms with van der Waals surface area (Å²) < 4.78 is 0. The quantitative estimate of drug-likeness (QED) is 0.353. The second-order valence-electron chi connectivity index (χ2n) is 3.83. The van der Waals surface area contributed by atoms with Gasteiger partial charge in [-0.25, -0.2) is 0 Å². The fraction of sp³-hybridized carbons (Fsp3) is 1.00. The Kier molecular flexibility index (Phi) is 13.4. The molecular formula is C10H20Li2. The summed E-state index contributed by atoms with van der Waals surface area (Å²) in [5.41, 5.74) is 0. The zero-order valence-corrected chi connectivity index (χ0v) is 9.07. The van der Waals surface area contributed by atoms with Gasteiger partial charge in [0.05, 0.1) is 0 Å². The van der Waals surface area contributed by atoms with Crippen molar-refractivity contribution >= 4 is 35.4 Å². The Morgan fingerprint density at radius 2 is 0.667 bits per heavy atom. The van der Waals surface area contributed by atoms with Crippen LogP contribution in [0.1, 0.15) is 51.4 Å². The van der Waals surface area contributed by atoms with Crippen molar-refractivity contribution in [3.8, 4) is 0 Å². The molecule has 0 rings (SSSR count). The average Bonchev–Trinajstić information content (AvgIpc) is 2.10. The minimum absolute atomic E-state index is 1.37. The molecule has 0 saturated carbocycles. The topological polar surface area (TPSA) is 0 Å². The molecule has 0 spiro atoms. The molecule has 0 aliphatic heterocycles. The van der Waals surface area contributed by atoms with E-state index in [-0.39, 0.29) is 0 Å². The molecule has 0 saturated heterocycles. The van der Waals surface area contributed by atoms with Crippen LogP contribution >= 0.6 is 0 Å². The fourth-order valence-corrected chi connectivity index (χ4v) is 1.56. The van der Waals surface area contributed by atoms with Gasteiger partial charge >= 0.3 is 97.0 Å². The van der Waals surface area contributed by atoms with Gasteiger partial charge in [0.2, 0.25) is 0 Å². The summed E-state index contributed by atoms with van der Waals surface area (Å²) in [5, 5.41) is 2.74. The van der Waals surface area contributed by atoms with Crippen LogP contribution in [0.3, 0.4) is 0 Å². The van der Waals surface area contributed by atoms with E-state index in [0.717, 1.165) is 0 Å². The first kappa shape index (κ1) is 13.2. The van der Waals surface area contributed by atoms with Gasteiger partial charge in [0.1, 0.15) is 0 Å². The van der Waals surface area contributed by atoms with Gasteiger partial charge in [0.25, 0.3) is 0 Å². The first-order valence-electron chi connectivity index (χ1n) is 5.91. The molecule has 0 heterocycles. The van der Waals surface area contributed by atoms with Crippen molar-refractivity contribution in [2.45, 2.75) is 61.6 Å². The van der Waals surface area contributed by atoms with E-state index in [1.165, 1.54) is 61.6 Å². The summed E-state index contributed by atoms with van der Waals surface area (Å²) in [4.78, 5) is 0. The monoisotopic (exact) mass is 154 g/mol. The summed E-state index contributed by atoms with van der Waals surface area (Å²) in [6.45, 7) is 0. The number of rotatable bonds is 9. The van der Waals surface area contributed by atoms with Crippen LogP contribution in [0.2, 0.25) is 10.2 Å². The molecule has 0 atom stereocenters. The van der Waals surface area contributed by atoms with Crippen molar-refractivity contribution < 1.29 is 0 Å². The Morgan fingerprint density at radius 1 is 0.417 bits per heavy atom. The first-order chi connectivity index (χ1) is 5.91. The minimum atomic E-state index is 1.37. The molecule has 0 unspecified atom stereocenters. The SMILES string of the molecule is [Li][CH2]CCCCCCCC[CH2][Li]. The second kappa shape index (κ2) is 12.2. The van der Waals surface area contributed by atoms with Crippen LogP contribution in [-0.4, -0.2) is 35.4 Å². The van der Waals surface area contributed by atoms with Crippen molar-refractivity contribution in [2.75, 3.05) is 0 Å². The normalized spacial score (nSPS) is 10.7. The van der Waals surface area contributed by atoms with Crippen LogP contribution in [0.4, 0.5) is 0 Å². The molecule has 0 aliphatic carbocycles. The Balaban J connectivity index is 2.73. The molecule has 62 valence electrons. The Hall–Kier alpha value is 1.19. The number of unbranched alkanes of at least 4 members (excludes halogenated alkanes) is 7. The van der Waals surface area contributed by atoms with Crippen molar-refractivity contribution in [2.24, 2.45) is 0 Å². The molecule has 0 aromatic heterocycles. The van der Waals surface area contributed by atoms with E-state index < -0.39 is 0 Å². The maximum absolute atomic E-state index is 2.28. The van der Waals surface area contributed by atoms with Gasteiger partial charge in [-0.2, -0.15) is 0 Å². The first-order valence-corrected chi connectivity index (χ1v) is 5.91. The van der Waals surface area contributed by atoms with E-state index in [1.807, 2.05) is 0 Å². The zero-order valence-electron chi connectivity index (χ0n) is 9.07. The number of hydrogen-bond donors (Lipinski definition) is 0. The van der Waals surface area contributed by atoms with Gasteiger partial charge in [-0.15, -0.1) is 0 Å². The summed E-state index contributed by atoms with van der Waals surface area (Å²) in [7, 11) is 0. The third kappa shape index (κ3) is 11.2. The average molecular weight is 154 g/mol. The molecule has 12 heavy (non-hydrogen) atoms. The maximum atomic E-state index is 2.28. The van der Waals surface area contributed by atoms with Gasteiger partial charge in [-0.05, 0) is 0 Å². The molecule has 0 amide bonds. The molecule has 0 fully saturated rings. The standard InChI is InChI=1S/C10H20.2Li/c1-3-5-7-9-10-8-6-4-2;;/h1-10H2;;. The predicted octanol–water partition coefficient (Wildman–Crippen LogP) is 3.28. The van der Waals surface area contributed by atoms with Crippen LogP contribution in [0, 0.1) is 0 Å². The van der Waals surface area contributed by atoms with E-state index >= 15 is 0 Å². The molecule has 0 nitrogen and oxygen atoms in total. The van der Waals surface area contributed by atoms with Crippen LogP contribution in [0.25, 0.3) is 0 Å². The van der Waals surface area contributed by atoms with Crippen molar-refractivity contribution in [1.29, 1.82) is 0 Å². The number of hydrogen-bond acceptors (Lipinski definition) is 0. The van der Waals surface area contributed by atoms with Gasteiger partial charge in [-0.1, -0.05) is 0 Å². The van der Waals surface area contributed by atoms with E-state index in [2.05, 4.69) is 35.4 Å². The van der Waals surface area contributed by atoms with Crippen molar-refractivity contribution in [1.82, 2.24) is 0 Å². The summed E-state index contributed by atoms with van der Waals surface area (Å²) in [6, 6.07) is 0. The van der Waals surface area contributed by atoms with Crippen molar-refractivity contribution in [3.05, 3.63) is 0 Å². The summed E-state index contributed by atoms with van der Waals surface area (Å²) >= 11 is 4.56. The molecule has 0 aromatic rings. The molecule has 0 N–H and O–H groups in total. The van der Waals surface area contributed by atoms with E-state index in [1.54, 1.807) is 0 Å². The van der Waals surface area contributed by atoms with Gasteiger partial charge < -0.3 is 0 Å². The van der Waals surface area contributed by atoms with Crippen molar-refractivity contribution in [3.63, 3.8) is 0 Å². The summed E-state index contributed by atoms with van der Waals surface area (Å²) in [5.74, 6) is 0. The van der Waals surface area contributed by atoms with E-state index in [9.17, 15) is 0 Å². The van der Waals surface area contributed by atoms with E-state index in [4.69, 9.17) is 0 Å². The van der Waals surface area contributed by atoms with Crippen LogP contribution < -0.4 is 0 Å². The molecule has 0 radical (unpaired) electrons. The third-order valence-corrected chi connectivity index (χ3v) is 2.46. The Labute approximate surface area is 96.7 Å². The Bertz CT molecular complexity index is 64.2. The van der Waals surface area contributed by atoms with Crippen LogP contribution in [0.5, 0.6) is 0 Å². The molecule has 0 aliphatic rings. The van der Waals surface area contributed by atoms with Crippen LogP contribution in [0.15, 0.2) is 0 Å². The second-order valence-corrected chi connectivity index (χ2v) is 3.83. The van der Waals surface area contributed by atoms with E-state index in [0.29, 0.717) is 0 Å². The Morgan fingerprint density at radius 3 is 0.917 bits per heavy atom. The summed E-state index contributed by atoms with van der Waals surface area (Å²) in [6.07, 6.45) is 11.7.